The number of carbonyl (C=O) groups is 4. The molecule has 6 heterocycles. The van der Waals surface area contributed by atoms with Crippen molar-refractivity contribution >= 4 is 147 Å². The molecule has 4 saturated heterocycles. The first-order chi connectivity index (χ1) is 61.2. The number of rotatable bonds is 15. The summed E-state index contributed by atoms with van der Waals surface area (Å²) in [5.74, 6) is 1.46. The number of aromatic hydroxyl groups is 2. The molecule has 4 atom stereocenters. The summed E-state index contributed by atoms with van der Waals surface area (Å²) in [6, 6.07) is 39.4. The number of sulfonamides is 3. The summed E-state index contributed by atoms with van der Waals surface area (Å²) >= 11 is 7.50. The van der Waals surface area contributed by atoms with Gasteiger partial charge in [-0.2, -0.15) is 82.6 Å². The maximum atomic E-state index is 13.0. The van der Waals surface area contributed by atoms with Crippen LogP contribution in [0.3, 0.4) is 0 Å². The van der Waals surface area contributed by atoms with Gasteiger partial charge in [0.25, 0.3) is 21.2 Å². The molecule has 137 heavy (non-hydrogen) atoms. The number of esters is 2. The number of phenols is 2. The Morgan fingerprint density at radius 1 is 0.496 bits per heavy atom. The van der Waals surface area contributed by atoms with Crippen LogP contribution in [0.15, 0.2) is 224 Å². The van der Waals surface area contributed by atoms with Gasteiger partial charge in [-0.05, 0) is 223 Å². The standard InChI is InChI=1S/C18H22N2O4S2.C14H21NO2S2.C13H19NO3S2.C8H7ClO4S.C8H8O5S.C7H15NS.C6H6O4S.C5H4N2O3.C2HF3O2.CH2O3.2K.2Na.H/c1-14-18(2,3)25-13-12-20(14)26(22,23)17-6-4-15(5-7-17)24-16-8-10-19(21)11-9-16;1-11-5-7-13(8-6-11)19(16,17)15-9-10-18-14(3,4)12(15)2;1-10-13(2,3)18-9-8-14(10)19(16,17)12-6-4-11(15)5-7-12;1-6(10)13-7-2-4-8(5-3-7)14(9,11)12;1-6(9)13-7-2-4-8(5-3-7)14(10,11)12;1-6-7(2,3)9-5-4-8-6;7-5-1-3-6(4-2-5)11(8,9)10;8-6-3-1-5(2-4-6)7(9)10;3-2(4,5)1(6)7;2-1-4-3;;;;;/h4-11,14H,12-13H2,1-3H3;5-8,12H,9-10H2,1-4H3;4-7,10,15H,8-9H2,1-3H3;2-5H,1H3;2-5H,1H3,(H,10,11,12);6,8H,4-5H2,1-3H3;1-4,7H,(H,8,9,10);1-4H;(H,6,7);1,3H;;;;;/q;;;;;;;;;;4*+1;-1/p-3/t14-;12-;10-;;;6-;;;;;;;;;/m000..0........./s1. The van der Waals surface area contributed by atoms with Crippen LogP contribution in [-0.2, 0) is 83.4 Å². The third-order valence-electron chi connectivity index (χ3n) is 19.4. The molecule has 0 unspecified atom stereocenters. The minimum absolute atomic E-state index is 0. The van der Waals surface area contributed by atoms with Gasteiger partial charge in [-0.15, -0.1) is 0 Å². The van der Waals surface area contributed by atoms with Crippen LogP contribution < -0.4 is 196 Å². The van der Waals surface area contributed by atoms with E-state index in [-0.39, 0.29) is 255 Å². The Morgan fingerprint density at radius 3 is 1.02 bits per heavy atom. The number of halogens is 4. The number of nitrogens with zero attached hydrogens (tertiary/aromatic N) is 6. The normalized spacial score (nSPS) is 17.5. The molecular formula is C82H103ClF3K2N7Na2O30S10. The molecule has 0 saturated carbocycles. The molecule has 0 bridgehead atoms. The van der Waals surface area contributed by atoms with E-state index in [0.717, 1.165) is 83.7 Å². The predicted octanol–water partition coefficient (Wildman–Crippen LogP) is -0.520. The Bertz CT molecular complexity index is 5690. The van der Waals surface area contributed by atoms with Crippen molar-refractivity contribution in [2.45, 2.75) is 183 Å². The molecule has 4 aliphatic rings. The third-order valence-corrected chi connectivity index (χ3v) is 34.3. The summed E-state index contributed by atoms with van der Waals surface area (Å²) in [6.07, 6.45) is -0.242. The molecule has 4 fully saturated rings. The second kappa shape index (κ2) is 60.9. The van der Waals surface area contributed by atoms with E-state index in [4.69, 9.17) is 45.2 Å². The number of ether oxygens (including phenoxy) is 3. The topological polar surface area (TPSA) is 559 Å². The van der Waals surface area contributed by atoms with Crippen molar-refractivity contribution in [2.75, 3.05) is 49.2 Å². The van der Waals surface area contributed by atoms with Gasteiger partial charge in [0, 0.05) is 129 Å². The van der Waals surface area contributed by atoms with Crippen molar-refractivity contribution in [2.24, 2.45) is 0 Å². The van der Waals surface area contributed by atoms with E-state index < -0.39 is 88.4 Å². The number of hydrogen-bond acceptors (Lipinski definition) is 34. The van der Waals surface area contributed by atoms with Crippen molar-refractivity contribution in [3.05, 3.63) is 221 Å². The van der Waals surface area contributed by atoms with Crippen LogP contribution in [-0.4, -0.2) is 216 Å². The van der Waals surface area contributed by atoms with Gasteiger partial charge in [0.1, 0.15) is 54.7 Å². The molecule has 37 nitrogen and oxygen atoms in total. The van der Waals surface area contributed by atoms with Crippen molar-refractivity contribution in [3.63, 3.8) is 0 Å². The number of carboxylic acid groups (broad SMARTS) is 1. The van der Waals surface area contributed by atoms with Gasteiger partial charge in [0.05, 0.1) is 46.4 Å². The molecule has 6 aromatic carbocycles. The summed E-state index contributed by atoms with van der Waals surface area (Å²) in [6.45, 7) is 32.3. The van der Waals surface area contributed by atoms with Crippen LogP contribution in [0.5, 0.6) is 34.5 Å². The van der Waals surface area contributed by atoms with Gasteiger partial charge < -0.3 is 65.9 Å². The van der Waals surface area contributed by atoms with Crippen LogP contribution >= 0.6 is 57.7 Å². The summed E-state index contributed by atoms with van der Waals surface area (Å²) in [5.41, 5.74) is 0.994. The number of aliphatic carboxylic acids is 1. The molecule has 0 radical (unpaired) electrons. The van der Waals surface area contributed by atoms with E-state index in [0.29, 0.717) is 56.3 Å². The van der Waals surface area contributed by atoms with E-state index >= 15 is 0 Å². The van der Waals surface area contributed by atoms with Crippen LogP contribution in [0, 0.1) is 27.5 Å². The largest absolute Gasteiger partial charge is 1.00 e. The first-order valence-electron chi connectivity index (χ1n) is 38.9. The maximum Gasteiger partial charge on any atom is 1.00 e. The second-order valence-corrected chi connectivity index (χ2v) is 48.3. The van der Waals surface area contributed by atoms with Gasteiger partial charge in [-0.25, -0.2) is 55.3 Å². The number of aromatic nitrogens is 2. The molecule has 12 rings (SSSR count). The number of benzene rings is 6. The predicted molar refractivity (Wildman–Crippen MR) is 491 cm³/mol. The number of aryl methyl sites for hydroxylation is 1. The zero-order chi connectivity index (χ0) is 101. The smallest absolute Gasteiger partial charge is 1.00 e. The number of carbonyl (C=O) groups excluding carboxylic acids is 3. The summed E-state index contributed by atoms with van der Waals surface area (Å²) < 4.78 is 214. The fourth-order valence-corrected chi connectivity index (χ4v) is 23.1. The summed E-state index contributed by atoms with van der Waals surface area (Å²) in [4.78, 5) is 50.8. The Hall–Kier alpha value is -3.93. The number of nitro groups is 1. The molecule has 4 N–H and O–H groups in total. The number of thioether (sulfide) groups is 4. The Kier molecular flexibility index (Phi) is 60.0. The SMILES string of the molecule is CC(=O)Oc1ccc(S(=O)(=O)Cl)cc1.CC(=O)Oc1ccc(S(=O)(=O)[O-])cc1.C[C@@H]1N(S(=O)(=O)c2ccc(O)cc2)CCSC1(C)C.C[C@@H]1N(S(=O)(=O)c2ccc(Oc3cc[n+]([O-])cc3)cc2)CCSC1(C)C.C[C@@H]1NCCSC1(C)C.Cc1ccc(S(=O)(=O)N2CCSC(C)(C)[C@@H]2C)cc1.O=C(O)C(F)(F)F.O=CO[O-].O=S(=O)([O-])c1ccc(O)cc1.O=[N+]([O-])c1cc[n+]([O-])cc1.[H-].[K+].[K+].[Na+].[Na+]. The molecule has 4 aliphatic heterocycles. The van der Waals surface area contributed by atoms with Crippen molar-refractivity contribution in [3.8, 4) is 34.5 Å². The van der Waals surface area contributed by atoms with E-state index in [2.05, 4.69) is 89.0 Å². The van der Waals surface area contributed by atoms with Gasteiger partial charge >= 0.3 is 186 Å². The molecule has 55 heteroatoms. The van der Waals surface area contributed by atoms with E-state index in [9.17, 15) is 108 Å². The fourth-order valence-electron chi connectivity index (χ4n) is 11.0. The Morgan fingerprint density at radius 2 is 0.759 bits per heavy atom. The molecule has 8 aromatic rings. The van der Waals surface area contributed by atoms with Crippen LogP contribution in [0.2, 0.25) is 0 Å². The average molecular weight is 2200 g/mol. The Balaban J connectivity index is -0.00000150. The maximum absolute atomic E-state index is 13.0. The number of alkyl halides is 3. The van der Waals surface area contributed by atoms with Crippen LogP contribution in [0.4, 0.5) is 18.9 Å². The van der Waals surface area contributed by atoms with Crippen molar-refractivity contribution < 1.29 is 309 Å². The van der Waals surface area contributed by atoms with E-state index in [1.807, 2.05) is 51.6 Å². The summed E-state index contributed by atoms with van der Waals surface area (Å²) in [5, 5.41) is 68.4. The fraction of sp³-hybridized carbons (Fsp3) is 0.390. The number of pyridine rings is 2. The van der Waals surface area contributed by atoms with Gasteiger partial charge in [0.15, 0.2) is 24.8 Å². The summed E-state index contributed by atoms with van der Waals surface area (Å²) in [7, 11) is -17.9. The molecule has 738 valence electrons. The molecule has 0 spiro atoms. The monoisotopic (exact) mass is 2200 g/mol. The number of carboxylic acids is 1. The quantitative estimate of drug-likeness (QED) is 0.00857. The zero-order valence-corrected chi connectivity index (χ0v) is 97.3. The van der Waals surface area contributed by atoms with Crippen molar-refractivity contribution in [1.29, 1.82) is 0 Å². The van der Waals surface area contributed by atoms with E-state index in [1.54, 1.807) is 85.0 Å². The van der Waals surface area contributed by atoms with Gasteiger partial charge in [-0.1, -0.05) is 17.7 Å². The molecule has 2 aromatic heterocycles. The average Bonchev–Trinajstić information content (AvgIpc) is 0.776. The minimum atomic E-state index is -5.08. The Labute approximate surface area is 948 Å². The molecule has 0 amide bonds. The molecular weight excluding hydrogens is 2100 g/mol. The number of phenolic OH excluding ortho intramolecular Hbond substituents is 2. The first-order valence-corrected chi connectivity index (χ1v) is 52.3. The zero-order valence-electron chi connectivity index (χ0n) is 79.2. The van der Waals surface area contributed by atoms with E-state index in [1.165, 1.54) is 99.2 Å². The van der Waals surface area contributed by atoms with Crippen molar-refractivity contribution in [1.82, 2.24) is 18.2 Å². The third kappa shape index (κ3) is 47.0. The van der Waals surface area contributed by atoms with Gasteiger partial charge in [0.2, 0.25) is 30.1 Å². The van der Waals surface area contributed by atoms with Gasteiger partial charge in [-0.3, -0.25) is 24.5 Å². The first kappa shape index (κ1) is 135. The number of hydrogen-bond donors (Lipinski definition) is 4. The molecule has 0 aliphatic carbocycles. The minimum Gasteiger partial charge on any atom is -1.00 e. The number of nitrogens with one attached hydrogen (secondary N) is 1. The second-order valence-electron chi connectivity index (χ2n) is 30.3. The van der Waals surface area contributed by atoms with Crippen LogP contribution in [0.25, 0.3) is 0 Å². The van der Waals surface area contributed by atoms with Crippen LogP contribution in [0.1, 0.15) is 104 Å².